The van der Waals surface area contributed by atoms with Crippen LogP contribution in [0.1, 0.15) is 10.5 Å². The normalized spacial score (nSPS) is 10.4. The molecule has 0 saturated heterocycles. The molecule has 0 fully saturated rings. The molecule has 0 atom stereocenters. The lowest BCUT2D eigenvalue weighted by atomic mass is 10.3. The van der Waals surface area contributed by atoms with Crippen molar-refractivity contribution in [1.82, 2.24) is 15.0 Å². The molecule has 5 nitrogen and oxygen atoms in total. The predicted octanol–water partition coefficient (Wildman–Crippen LogP) is 2.37. The Bertz CT molecular complexity index is 755. The molecule has 6 heteroatoms. The lowest BCUT2D eigenvalue weighted by Gasteiger charge is -1.98. The van der Waals surface area contributed by atoms with E-state index in [1.807, 2.05) is 18.2 Å². The molecule has 98 valence electrons. The molecule has 0 spiro atoms. The maximum atomic E-state index is 11.2. The molecule has 3 aromatic heterocycles. The molecule has 0 aromatic carbocycles. The van der Waals surface area contributed by atoms with Crippen LogP contribution in [-0.2, 0) is 0 Å². The van der Waals surface area contributed by atoms with Gasteiger partial charge in [0, 0.05) is 24.2 Å². The van der Waals surface area contributed by atoms with E-state index in [2.05, 4.69) is 15.0 Å². The molecule has 2 N–H and O–H groups in total. The summed E-state index contributed by atoms with van der Waals surface area (Å²) in [6.07, 6.45) is 5.21. The highest BCUT2D eigenvalue weighted by Crippen LogP contribution is 2.30. The van der Waals surface area contributed by atoms with Crippen LogP contribution < -0.4 is 5.73 Å². The minimum Gasteiger partial charge on any atom is -0.364 e. The molecule has 0 aliphatic carbocycles. The van der Waals surface area contributed by atoms with Gasteiger partial charge in [-0.1, -0.05) is 6.07 Å². The van der Waals surface area contributed by atoms with Crippen LogP contribution in [0.2, 0.25) is 0 Å². The van der Waals surface area contributed by atoms with Crippen molar-refractivity contribution in [2.45, 2.75) is 0 Å². The highest BCUT2D eigenvalue weighted by Gasteiger charge is 2.09. The second kappa shape index (κ2) is 5.18. The first-order valence-corrected chi connectivity index (χ1v) is 6.69. The van der Waals surface area contributed by atoms with E-state index >= 15 is 0 Å². The topological polar surface area (TPSA) is 81.8 Å². The Balaban J connectivity index is 1.98. The molecule has 3 heterocycles. The van der Waals surface area contributed by atoms with Crippen LogP contribution in [-0.4, -0.2) is 20.9 Å². The SMILES string of the molecule is NC(=O)c1cccc(-c2cnc(-c3cccnc3)s2)n1. The van der Waals surface area contributed by atoms with Crippen molar-refractivity contribution in [3.8, 4) is 21.1 Å². The lowest BCUT2D eigenvalue weighted by molar-refractivity contribution is 0.0995. The largest absolute Gasteiger partial charge is 0.364 e. The van der Waals surface area contributed by atoms with E-state index in [1.54, 1.807) is 30.7 Å². The third-order valence-electron chi connectivity index (χ3n) is 2.67. The summed E-state index contributed by atoms with van der Waals surface area (Å²) in [4.78, 5) is 24.7. The fraction of sp³-hybridized carbons (Fsp3) is 0. The van der Waals surface area contributed by atoms with E-state index in [-0.39, 0.29) is 5.69 Å². The zero-order chi connectivity index (χ0) is 13.9. The number of hydrogen-bond acceptors (Lipinski definition) is 5. The van der Waals surface area contributed by atoms with Crippen LogP contribution in [0.5, 0.6) is 0 Å². The monoisotopic (exact) mass is 282 g/mol. The molecule has 0 saturated carbocycles. The van der Waals surface area contributed by atoms with Crippen LogP contribution in [0.3, 0.4) is 0 Å². The number of hydrogen-bond donors (Lipinski definition) is 1. The van der Waals surface area contributed by atoms with Crippen molar-refractivity contribution in [2.75, 3.05) is 0 Å². The van der Waals surface area contributed by atoms with E-state index in [4.69, 9.17) is 5.73 Å². The van der Waals surface area contributed by atoms with Gasteiger partial charge in [-0.3, -0.25) is 9.78 Å². The molecule has 1 amide bonds. The summed E-state index contributed by atoms with van der Waals surface area (Å²) >= 11 is 1.49. The van der Waals surface area contributed by atoms with Crippen molar-refractivity contribution in [1.29, 1.82) is 0 Å². The van der Waals surface area contributed by atoms with Gasteiger partial charge in [-0.2, -0.15) is 0 Å². The highest BCUT2D eigenvalue weighted by atomic mass is 32.1. The number of nitrogens with zero attached hydrogens (tertiary/aromatic N) is 3. The maximum Gasteiger partial charge on any atom is 0.267 e. The first-order valence-electron chi connectivity index (χ1n) is 5.87. The predicted molar refractivity (Wildman–Crippen MR) is 77.1 cm³/mol. The average molecular weight is 282 g/mol. The first-order chi connectivity index (χ1) is 9.74. The third kappa shape index (κ3) is 2.41. The Morgan fingerprint density at radius 2 is 2.05 bits per heavy atom. The van der Waals surface area contributed by atoms with Gasteiger partial charge in [0.05, 0.1) is 10.6 Å². The van der Waals surface area contributed by atoms with E-state index in [9.17, 15) is 4.79 Å². The maximum absolute atomic E-state index is 11.2. The van der Waals surface area contributed by atoms with Gasteiger partial charge in [0.15, 0.2) is 0 Å². The van der Waals surface area contributed by atoms with Crippen molar-refractivity contribution >= 4 is 17.2 Å². The van der Waals surface area contributed by atoms with E-state index in [0.29, 0.717) is 5.69 Å². The summed E-state index contributed by atoms with van der Waals surface area (Å²) in [7, 11) is 0. The molecule has 0 unspecified atom stereocenters. The van der Waals surface area contributed by atoms with E-state index in [0.717, 1.165) is 15.4 Å². The van der Waals surface area contributed by atoms with Gasteiger partial charge in [0.25, 0.3) is 5.91 Å². The fourth-order valence-electron chi connectivity index (χ4n) is 1.72. The average Bonchev–Trinajstić information content (AvgIpc) is 2.98. The van der Waals surface area contributed by atoms with Gasteiger partial charge in [0.2, 0.25) is 0 Å². The van der Waals surface area contributed by atoms with E-state index in [1.165, 1.54) is 11.3 Å². The summed E-state index contributed by atoms with van der Waals surface area (Å²) < 4.78 is 0. The van der Waals surface area contributed by atoms with Crippen molar-refractivity contribution in [2.24, 2.45) is 5.73 Å². The molecular weight excluding hydrogens is 272 g/mol. The fourth-order valence-corrected chi connectivity index (χ4v) is 2.60. The molecular formula is C14H10N4OS. The number of primary amides is 1. The number of thiazole rings is 1. The number of carbonyl (C=O) groups excluding carboxylic acids is 1. The lowest BCUT2D eigenvalue weighted by Crippen LogP contribution is -2.12. The Morgan fingerprint density at radius 3 is 2.80 bits per heavy atom. The molecule has 0 bridgehead atoms. The number of rotatable bonds is 3. The zero-order valence-electron chi connectivity index (χ0n) is 10.4. The van der Waals surface area contributed by atoms with Crippen molar-refractivity contribution < 1.29 is 4.79 Å². The van der Waals surface area contributed by atoms with Gasteiger partial charge < -0.3 is 5.73 Å². The molecule has 3 rings (SSSR count). The van der Waals surface area contributed by atoms with Crippen LogP contribution >= 0.6 is 11.3 Å². The number of amides is 1. The summed E-state index contributed by atoms with van der Waals surface area (Å²) in [5.41, 5.74) is 7.13. The summed E-state index contributed by atoms with van der Waals surface area (Å²) in [5, 5.41) is 0.861. The van der Waals surface area contributed by atoms with Crippen LogP contribution in [0.25, 0.3) is 21.1 Å². The van der Waals surface area contributed by atoms with Crippen LogP contribution in [0, 0.1) is 0 Å². The summed E-state index contributed by atoms with van der Waals surface area (Å²) in [6.45, 7) is 0. The minimum absolute atomic E-state index is 0.249. The third-order valence-corrected chi connectivity index (χ3v) is 3.74. The number of aromatic nitrogens is 3. The van der Waals surface area contributed by atoms with Gasteiger partial charge in [-0.15, -0.1) is 11.3 Å². The quantitative estimate of drug-likeness (QED) is 0.799. The van der Waals surface area contributed by atoms with Gasteiger partial charge in [-0.05, 0) is 24.3 Å². The molecule has 20 heavy (non-hydrogen) atoms. The van der Waals surface area contributed by atoms with Gasteiger partial charge in [-0.25, -0.2) is 9.97 Å². The Hall–Kier alpha value is -2.60. The van der Waals surface area contributed by atoms with Crippen LogP contribution in [0.15, 0.2) is 48.9 Å². The highest BCUT2D eigenvalue weighted by molar-refractivity contribution is 7.18. The van der Waals surface area contributed by atoms with Crippen LogP contribution in [0.4, 0.5) is 0 Å². The zero-order valence-corrected chi connectivity index (χ0v) is 11.2. The van der Waals surface area contributed by atoms with E-state index < -0.39 is 5.91 Å². The first kappa shape index (κ1) is 12.4. The van der Waals surface area contributed by atoms with Gasteiger partial charge >= 0.3 is 0 Å². The van der Waals surface area contributed by atoms with Gasteiger partial charge in [0.1, 0.15) is 10.7 Å². The Labute approximate surface area is 119 Å². The Morgan fingerprint density at radius 1 is 1.15 bits per heavy atom. The molecule has 0 aliphatic rings. The Kier molecular flexibility index (Phi) is 3.22. The number of pyridine rings is 2. The number of nitrogens with two attached hydrogens (primary N) is 1. The molecule has 0 radical (unpaired) electrons. The molecule has 3 aromatic rings. The second-order valence-corrected chi connectivity index (χ2v) is 5.07. The standard InChI is InChI=1S/C14H10N4OS/c15-13(19)11-5-1-4-10(18-11)12-8-17-14(20-12)9-3-2-6-16-7-9/h1-8H,(H2,15,19). The van der Waals surface area contributed by atoms with Crippen molar-refractivity contribution in [3.05, 3.63) is 54.6 Å². The minimum atomic E-state index is -0.538. The number of carbonyl (C=O) groups is 1. The second-order valence-electron chi connectivity index (χ2n) is 4.04. The summed E-state index contributed by atoms with van der Waals surface area (Å²) in [6, 6.07) is 8.99. The molecule has 0 aliphatic heterocycles. The smallest absolute Gasteiger partial charge is 0.267 e. The van der Waals surface area contributed by atoms with Crippen molar-refractivity contribution in [3.63, 3.8) is 0 Å². The summed E-state index contributed by atoms with van der Waals surface area (Å²) in [5.74, 6) is -0.538.